The number of imidazole rings is 1. The maximum absolute atomic E-state index is 6.80. The van der Waals surface area contributed by atoms with Gasteiger partial charge in [0.05, 0.1) is 19.2 Å². The van der Waals surface area contributed by atoms with Crippen molar-refractivity contribution >= 4 is 29.8 Å². The SMILES string of the molecule is c1ccc(P(OC2CCCn3c2nc2ccccc23)c2ccccc2)cc1. The number of benzene rings is 3. The molecule has 1 unspecified atom stereocenters. The van der Waals surface area contributed by atoms with Gasteiger partial charge >= 0.3 is 0 Å². The van der Waals surface area contributed by atoms with Crippen molar-refractivity contribution in [3.63, 3.8) is 0 Å². The van der Waals surface area contributed by atoms with Crippen LogP contribution in [-0.4, -0.2) is 9.55 Å². The van der Waals surface area contributed by atoms with Crippen molar-refractivity contribution in [3.05, 3.63) is 90.8 Å². The average Bonchev–Trinajstić information content (AvgIpc) is 3.13. The Labute approximate surface area is 160 Å². The second-order valence-electron chi connectivity index (χ2n) is 6.81. The van der Waals surface area contributed by atoms with Crippen molar-refractivity contribution in [1.29, 1.82) is 0 Å². The van der Waals surface area contributed by atoms with Crippen LogP contribution in [0.4, 0.5) is 0 Å². The molecule has 5 rings (SSSR count). The summed E-state index contributed by atoms with van der Waals surface area (Å²) in [5.74, 6) is 1.07. The molecule has 3 nitrogen and oxygen atoms in total. The summed E-state index contributed by atoms with van der Waals surface area (Å²) in [5, 5.41) is 2.49. The van der Waals surface area contributed by atoms with E-state index in [1.54, 1.807) is 0 Å². The normalized spacial score (nSPS) is 16.6. The summed E-state index contributed by atoms with van der Waals surface area (Å²) in [6.07, 6.45) is 2.16. The van der Waals surface area contributed by atoms with Crippen molar-refractivity contribution in [2.24, 2.45) is 0 Å². The summed E-state index contributed by atoms with van der Waals surface area (Å²) in [6, 6.07) is 29.6. The van der Waals surface area contributed by atoms with Gasteiger partial charge in [-0.15, -0.1) is 0 Å². The lowest BCUT2D eigenvalue weighted by Gasteiger charge is -2.28. The minimum absolute atomic E-state index is 0.0256. The lowest BCUT2D eigenvalue weighted by molar-refractivity contribution is 0.184. The summed E-state index contributed by atoms with van der Waals surface area (Å²) >= 11 is 0. The highest BCUT2D eigenvalue weighted by Gasteiger charge is 2.29. The molecular formula is C23H21N2OP. The number of aryl methyl sites for hydroxylation is 1. The highest BCUT2D eigenvalue weighted by atomic mass is 31.1. The van der Waals surface area contributed by atoms with Crippen LogP contribution in [0.15, 0.2) is 84.9 Å². The van der Waals surface area contributed by atoms with Crippen LogP contribution < -0.4 is 10.6 Å². The Balaban J connectivity index is 1.55. The van der Waals surface area contributed by atoms with Crippen LogP contribution in [-0.2, 0) is 11.1 Å². The highest BCUT2D eigenvalue weighted by Crippen LogP contribution is 2.44. The van der Waals surface area contributed by atoms with E-state index in [1.165, 1.54) is 16.1 Å². The predicted molar refractivity (Wildman–Crippen MR) is 112 cm³/mol. The maximum Gasteiger partial charge on any atom is 0.139 e. The average molecular weight is 372 g/mol. The molecule has 2 heterocycles. The molecule has 0 aliphatic carbocycles. The zero-order valence-electron chi connectivity index (χ0n) is 15.0. The van der Waals surface area contributed by atoms with Crippen LogP contribution in [0, 0.1) is 0 Å². The van der Waals surface area contributed by atoms with Gasteiger partial charge in [0, 0.05) is 17.2 Å². The lowest BCUT2D eigenvalue weighted by Crippen LogP contribution is -2.21. The second kappa shape index (κ2) is 7.26. The Morgan fingerprint density at radius 1 is 0.815 bits per heavy atom. The van der Waals surface area contributed by atoms with E-state index in [9.17, 15) is 0 Å². The summed E-state index contributed by atoms with van der Waals surface area (Å²) in [5.41, 5.74) is 2.27. The summed E-state index contributed by atoms with van der Waals surface area (Å²) in [7, 11) is -0.881. The van der Waals surface area contributed by atoms with E-state index in [0.717, 1.165) is 30.7 Å². The van der Waals surface area contributed by atoms with E-state index in [-0.39, 0.29) is 6.10 Å². The molecule has 1 atom stereocenters. The first-order valence-corrected chi connectivity index (χ1v) is 10.7. The van der Waals surface area contributed by atoms with E-state index < -0.39 is 8.15 Å². The van der Waals surface area contributed by atoms with Crippen LogP contribution in [0.1, 0.15) is 24.8 Å². The number of hydrogen-bond donors (Lipinski definition) is 0. The molecule has 4 aromatic rings. The minimum Gasteiger partial charge on any atom is -0.339 e. The topological polar surface area (TPSA) is 27.1 Å². The molecule has 1 aromatic heterocycles. The first kappa shape index (κ1) is 16.7. The number of nitrogens with zero attached hydrogens (tertiary/aromatic N) is 2. The van der Waals surface area contributed by atoms with E-state index >= 15 is 0 Å². The lowest BCUT2D eigenvalue weighted by atomic mass is 10.1. The van der Waals surface area contributed by atoms with Gasteiger partial charge in [-0.3, -0.25) is 0 Å². The van der Waals surface area contributed by atoms with Crippen LogP contribution in [0.5, 0.6) is 0 Å². The largest absolute Gasteiger partial charge is 0.339 e. The van der Waals surface area contributed by atoms with Crippen molar-refractivity contribution in [2.75, 3.05) is 0 Å². The summed E-state index contributed by atoms with van der Waals surface area (Å²) < 4.78 is 9.14. The second-order valence-corrected chi connectivity index (χ2v) is 8.64. The smallest absolute Gasteiger partial charge is 0.139 e. The molecule has 0 bridgehead atoms. The van der Waals surface area contributed by atoms with Crippen LogP contribution >= 0.6 is 8.15 Å². The van der Waals surface area contributed by atoms with Crippen LogP contribution in [0.2, 0.25) is 0 Å². The molecule has 0 saturated heterocycles. The van der Waals surface area contributed by atoms with Gasteiger partial charge in [0.1, 0.15) is 11.9 Å². The van der Waals surface area contributed by atoms with Crippen molar-refractivity contribution in [3.8, 4) is 0 Å². The van der Waals surface area contributed by atoms with Crippen LogP contribution in [0.25, 0.3) is 11.0 Å². The number of hydrogen-bond acceptors (Lipinski definition) is 2. The molecule has 134 valence electrons. The third-order valence-electron chi connectivity index (χ3n) is 5.03. The Morgan fingerprint density at radius 3 is 2.15 bits per heavy atom. The quantitative estimate of drug-likeness (QED) is 0.475. The fourth-order valence-corrected chi connectivity index (χ4v) is 5.65. The van der Waals surface area contributed by atoms with Crippen molar-refractivity contribution < 1.29 is 4.52 Å². The van der Waals surface area contributed by atoms with Crippen molar-refractivity contribution in [1.82, 2.24) is 9.55 Å². The maximum atomic E-state index is 6.80. The third kappa shape index (κ3) is 3.18. The minimum atomic E-state index is -0.881. The van der Waals surface area contributed by atoms with Gasteiger partial charge in [0.2, 0.25) is 0 Å². The summed E-state index contributed by atoms with van der Waals surface area (Å²) in [6.45, 7) is 1.02. The monoisotopic (exact) mass is 372 g/mol. The predicted octanol–water partition coefficient (Wildman–Crippen LogP) is 4.94. The molecule has 27 heavy (non-hydrogen) atoms. The molecule has 0 fully saturated rings. The first-order valence-electron chi connectivity index (χ1n) is 9.42. The molecular weight excluding hydrogens is 351 g/mol. The molecule has 4 heteroatoms. The number of rotatable bonds is 4. The Morgan fingerprint density at radius 2 is 1.44 bits per heavy atom. The van der Waals surface area contributed by atoms with Crippen molar-refractivity contribution in [2.45, 2.75) is 25.5 Å². The first-order chi connectivity index (χ1) is 13.4. The molecule has 0 saturated carbocycles. The van der Waals surface area contributed by atoms with Crippen LogP contribution in [0.3, 0.4) is 0 Å². The number of aromatic nitrogens is 2. The zero-order chi connectivity index (χ0) is 18.1. The van der Waals surface area contributed by atoms with Gasteiger partial charge in [-0.25, -0.2) is 4.98 Å². The molecule has 0 N–H and O–H groups in total. The molecule has 0 amide bonds. The Bertz CT molecular complexity index is 1010. The Hall–Kier alpha value is -2.48. The third-order valence-corrected chi connectivity index (χ3v) is 7.03. The fraction of sp³-hybridized carbons (Fsp3) is 0.174. The van der Waals surface area contributed by atoms with Gasteiger partial charge in [0.15, 0.2) is 0 Å². The van der Waals surface area contributed by atoms with Gasteiger partial charge in [0.25, 0.3) is 0 Å². The van der Waals surface area contributed by atoms with Gasteiger partial charge in [-0.2, -0.15) is 0 Å². The van der Waals surface area contributed by atoms with E-state index in [4.69, 9.17) is 9.51 Å². The van der Waals surface area contributed by atoms with Gasteiger partial charge < -0.3 is 9.09 Å². The van der Waals surface area contributed by atoms with Gasteiger partial charge in [-0.05, 0) is 25.0 Å². The molecule has 0 spiro atoms. The number of para-hydroxylation sites is 2. The molecule has 0 radical (unpaired) electrons. The molecule has 1 aliphatic rings. The molecule has 1 aliphatic heterocycles. The standard InChI is InChI=1S/C23H21N2OP/c1-3-10-18(11-4-1)27(19-12-5-2-6-13-19)26-22-16-9-17-25-21-15-8-7-14-20(21)24-23(22)25/h1-8,10-15,22H,9,16-17H2. The Kier molecular flexibility index (Phi) is 4.49. The van der Waals surface area contributed by atoms with Gasteiger partial charge in [-0.1, -0.05) is 72.8 Å². The van der Waals surface area contributed by atoms with E-state index in [0.29, 0.717) is 0 Å². The van der Waals surface area contributed by atoms with E-state index in [1.807, 2.05) is 0 Å². The fourth-order valence-electron chi connectivity index (χ4n) is 3.76. The number of fused-ring (bicyclic) bond motifs is 3. The highest BCUT2D eigenvalue weighted by molar-refractivity contribution is 7.68. The van der Waals surface area contributed by atoms with E-state index in [2.05, 4.69) is 89.5 Å². The summed E-state index contributed by atoms with van der Waals surface area (Å²) in [4.78, 5) is 4.92. The zero-order valence-corrected chi connectivity index (χ0v) is 15.9. The molecule has 3 aromatic carbocycles.